The summed E-state index contributed by atoms with van der Waals surface area (Å²) < 4.78 is 11.2. The van der Waals surface area contributed by atoms with Crippen LogP contribution in [-0.4, -0.2) is 21.2 Å². The maximum absolute atomic E-state index is 10.6. The van der Waals surface area contributed by atoms with Crippen LogP contribution in [0.15, 0.2) is 43.1 Å². The first-order chi connectivity index (χ1) is 10.2. The van der Waals surface area contributed by atoms with Gasteiger partial charge in [0, 0.05) is 17.2 Å². The van der Waals surface area contributed by atoms with E-state index in [4.69, 9.17) is 14.0 Å². The average molecular weight is 322 g/mol. The molecular weight excluding hydrogens is 312 g/mol. The third-order valence-electron chi connectivity index (χ3n) is 2.53. The molecule has 3 rings (SSSR count). The van der Waals surface area contributed by atoms with Gasteiger partial charge in [-0.15, -0.1) is 11.3 Å². The van der Waals surface area contributed by atoms with Gasteiger partial charge < -0.3 is 14.0 Å². The summed E-state index contributed by atoms with van der Waals surface area (Å²) in [6, 6.07) is 5.40. The van der Waals surface area contributed by atoms with Crippen LogP contribution in [0.25, 0.3) is 11.5 Å². The average Bonchev–Trinajstić information content (AvgIpc) is 3.17. The number of hydrogen-bond donors (Lipinski definition) is 1. The zero-order valence-electron chi connectivity index (χ0n) is 10.7. The Hall–Kier alpha value is -2.06. The number of aliphatic carboxylic acids is 1. The third kappa shape index (κ3) is 3.53. The monoisotopic (exact) mass is 322 g/mol. The summed E-state index contributed by atoms with van der Waals surface area (Å²) >= 11 is 2.92. The molecule has 0 aliphatic rings. The second kappa shape index (κ2) is 6.15. The molecule has 0 spiro atoms. The summed E-state index contributed by atoms with van der Waals surface area (Å²) in [6.07, 6.45) is 1.52. The number of aromatic nitrogens is 2. The lowest BCUT2D eigenvalue weighted by Crippen LogP contribution is -1.99. The fraction of sp³-hybridized carbons (Fsp3) is 0.154. The first kappa shape index (κ1) is 13.9. The Balaban J connectivity index is 1.60. The van der Waals surface area contributed by atoms with Crippen LogP contribution in [0.1, 0.15) is 11.4 Å². The number of carboxylic acid groups (broad SMARTS) is 1. The van der Waals surface area contributed by atoms with E-state index < -0.39 is 5.97 Å². The van der Waals surface area contributed by atoms with Crippen molar-refractivity contribution in [2.24, 2.45) is 0 Å². The second-order valence-electron chi connectivity index (χ2n) is 4.12. The topological polar surface area (TPSA) is 89.4 Å². The molecule has 0 saturated heterocycles. The van der Waals surface area contributed by atoms with Gasteiger partial charge in [-0.2, -0.15) is 0 Å². The maximum Gasteiger partial charge on any atom is 0.309 e. The minimum atomic E-state index is -0.878. The minimum Gasteiger partial charge on any atom is -0.481 e. The predicted octanol–water partition coefficient (Wildman–Crippen LogP) is 3.31. The number of nitrogens with zero attached hydrogens (tertiary/aromatic N) is 2. The second-order valence-corrected chi connectivity index (χ2v) is 6.20. The summed E-state index contributed by atoms with van der Waals surface area (Å²) in [5.41, 5.74) is 1.35. The van der Waals surface area contributed by atoms with E-state index in [-0.39, 0.29) is 6.42 Å². The van der Waals surface area contributed by atoms with Crippen LogP contribution >= 0.6 is 23.1 Å². The standard InChI is InChI=1S/C13H10N2O4S2/c16-12(17)5-8-6-20-13(14-8)21-7-9-4-11(19-15-9)10-2-1-3-18-10/h1-4,6H,5,7H2,(H,16,17). The zero-order valence-corrected chi connectivity index (χ0v) is 12.3. The molecule has 6 nitrogen and oxygen atoms in total. The molecule has 0 bridgehead atoms. The van der Waals surface area contributed by atoms with E-state index in [9.17, 15) is 4.79 Å². The lowest BCUT2D eigenvalue weighted by atomic mass is 10.3. The first-order valence-electron chi connectivity index (χ1n) is 5.99. The van der Waals surface area contributed by atoms with E-state index in [1.54, 1.807) is 23.8 Å². The first-order valence-corrected chi connectivity index (χ1v) is 7.85. The highest BCUT2D eigenvalue weighted by atomic mass is 32.2. The highest BCUT2D eigenvalue weighted by Crippen LogP contribution is 2.28. The zero-order chi connectivity index (χ0) is 14.7. The summed E-state index contributed by atoms with van der Waals surface area (Å²) in [6.45, 7) is 0. The molecule has 0 aliphatic carbocycles. The molecule has 8 heteroatoms. The molecule has 3 aromatic heterocycles. The minimum absolute atomic E-state index is 0.0519. The van der Waals surface area contributed by atoms with Crippen molar-refractivity contribution in [3.63, 3.8) is 0 Å². The Morgan fingerprint density at radius 3 is 3.05 bits per heavy atom. The van der Waals surface area contributed by atoms with Gasteiger partial charge in [-0.3, -0.25) is 4.79 Å². The molecule has 108 valence electrons. The number of thiazole rings is 1. The van der Waals surface area contributed by atoms with Gasteiger partial charge >= 0.3 is 5.97 Å². The van der Waals surface area contributed by atoms with Crippen molar-refractivity contribution in [3.05, 3.63) is 41.2 Å². The number of furan rings is 1. The summed E-state index contributed by atoms with van der Waals surface area (Å²) in [4.78, 5) is 14.8. The third-order valence-corrected chi connectivity index (χ3v) is 4.63. The molecule has 3 aromatic rings. The largest absolute Gasteiger partial charge is 0.481 e. The molecule has 0 saturated carbocycles. The van der Waals surface area contributed by atoms with Crippen LogP contribution in [0.3, 0.4) is 0 Å². The number of thioether (sulfide) groups is 1. The van der Waals surface area contributed by atoms with Crippen molar-refractivity contribution in [2.75, 3.05) is 0 Å². The van der Waals surface area contributed by atoms with Crippen LogP contribution in [0.4, 0.5) is 0 Å². The predicted molar refractivity (Wildman–Crippen MR) is 77.2 cm³/mol. The van der Waals surface area contributed by atoms with Crippen molar-refractivity contribution in [1.82, 2.24) is 10.1 Å². The molecule has 0 aromatic carbocycles. The number of hydrogen-bond acceptors (Lipinski definition) is 7. The van der Waals surface area contributed by atoms with Crippen molar-refractivity contribution in [1.29, 1.82) is 0 Å². The summed E-state index contributed by atoms with van der Waals surface area (Å²) in [7, 11) is 0. The quantitative estimate of drug-likeness (QED) is 0.696. The molecule has 0 aliphatic heterocycles. The lowest BCUT2D eigenvalue weighted by molar-refractivity contribution is -0.136. The van der Waals surface area contributed by atoms with Crippen molar-refractivity contribution in [2.45, 2.75) is 16.5 Å². The van der Waals surface area contributed by atoms with E-state index in [2.05, 4.69) is 10.1 Å². The molecule has 0 amide bonds. The SMILES string of the molecule is O=C(O)Cc1csc(SCc2cc(-c3ccco3)on2)n1. The molecule has 3 heterocycles. The van der Waals surface area contributed by atoms with Gasteiger partial charge in [-0.1, -0.05) is 16.9 Å². The van der Waals surface area contributed by atoms with E-state index in [0.29, 0.717) is 23.0 Å². The van der Waals surface area contributed by atoms with Crippen LogP contribution < -0.4 is 0 Å². The molecule has 0 radical (unpaired) electrons. The molecule has 21 heavy (non-hydrogen) atoms. The van der Waals surface area contributed by atoms with Gasteiger partial charge in [0.05, 0.1) is 24.1 Å². The number of carbonyl (C=O) groups is 1. The smallest absolute Gasteiger partial charge is 0.309 e. The number of rotatable bonds is 6. The molecule has 0 unspecified atom stereocenters. The van der Waals surface area contributed by atoms with E-state index in [1.807, 2.05) is 6.07 Å². The highest BCUT2D eigenvalue weighted by Gasteiger charge is 2.11. The summed E-state index contributed by atoms with van der Waals surface area (Å²) in [5.74, 6) is 0.944. The van der Waals surface area contributed by atoms with E-state index in [1.165, 1.54) is 23.1 Å². The van der Waals surface area contributed by atoms with Crippen LogP contribution in [0, 0.1) is 0 Å². The highest BCUT2D eigenvalue weighted by molar-refractivity contribution is 8.00. The number of carboxylic acids is 1. The van der Waals surface area contributed by atoms with Gasteiger partial charge in [-0.25, -0.2) is 4.98 Å². The Morgan fingerprint density at radius 2 is 2.29 bits per heavy atom. The Labute approximate surface area is 127 Å². The van der Waals surface area contributed by atoms with Crippen molar-refractivity contribution >= 4 is 29.1 Å². The van der Waals surface area contributed by atoms with Gasteiger partial charge in [0.1, 0.15) is 0 Å². The Bertz CT molecular complexity index is 733. The Kier molecular flexibility index (Phi) is 4.07. The molecule has 0 fully saturated rings. The normalized spacial score (nSPS) is 10.9. The summed E-state index contributed by atoms with van der Waals surface area (Å²) in [5, 5.41) is 14.4. The lowest BCUT2D eigenvalue weighted by Gasteiger charge is -1.92. The fourth-order valence-electron chi connectivity index (χ4n) is 1.64. The Morgan fingerprint density at radius 1 is 1.38 bits per heavy atom. The van der Waals surface area contributed by atoms with Crippen molar-refractivity contribution in [3.8, 4) is 11.5 Å². The van der Waals surface area contributed by atoms with Crippen LogP contribution in [0.5, 0.6) is 0 Å². The van der Waals surface area contributed by atoms with Gasteiger partial charge in [0.25, 0.3) is 0 Å². The van der Waals surface area contributed by atoms with Gasteiger partial charge in [-0.05, 0) is 12.1 Å². The fourth-order valence-corrected chi connectivity index (χ4v) is 3.37. The molecular formula is C13H10N2O4S2. The van der Waals surface area contributed by atoms with Gasteiger partial charge in [0.2, 0.25) is 5.76 Å². The molecule has 1 N–H and O–H groups in total. The van der Waals surface area contributed by atoms with E-state index in [0.717, 1.165) is 10.0 Å². The van der Waals surface area contributed by atoms with E-state index >= 15 is 0 Å². The van der Waals surface area contributed by atoms with Crippen molar-refractivity contribution < 1.29 is 18.8 Å². The molecule has 0 atom stereocenters. The van der Waals surface area contributed by atoms with Crippen LogP contribution in [0.2, 0.25) is 0 Å². The maximum atomic E-state index is 10.6. The van der Waals surface area contributed by atoms with Gasteiger partial charge in [0.15, 0.2) is 10.1 Å². The van der Waals surface area contributed by atoms with Crippen LogP contribution in [-0.2, 0) is 17.0 Å².